The maximum absolute atomic E-state index is 12.8. The molecule has 3 fully saturated rings. The van der Waals surface area contributed by atoms with Gasteiger partial charge in [0.05, 0.1) is 16.9 Å². The Morgan fingerprint density at radius 3 is 2.66 bits per heavy atom. The molecule has 5 nitrogen and oxygen atoms in total. The van der Waals surface area contributed by atoms with E-state index in [2.05, 4.69) is 11.9 Å². The van der Waals surface area contributed by atoms with Crippen molar-refractivity contribution < 1.29 is 14.0 Å². The largest absolute Gasteiger partial charge is 0.472 e. The number of hydrogen-bond donors (Lipinski definition) is 0. The second-order valence-corrected chi connectivity index (χ2v) is 11.5. The fraction of sp³-hybridized carbons (Fsp3) is 0.696. The third-order valence-corrected chi connectivity index (χ3v) is 9.05. The highest BCUT2D eigenvalue weighted by molar-refractivity contribution is 8.16. The fourth-order valence-electron chi connectivity index (χ4n) is 6.10. The second kappa shape index (κ2) is 7.29. The summed E-state index contributed by atoms with van der Waals surface area (Å²) >= 11 is 1.75. The summed E-state index contributed by atoms with van der Waals surface area (Å²) in [6.07, 6.45) is 13.6. The molecule has 2 aliphatic carbocycles. The second-order valence-electron chi connectivity index (χ2n) is 9.92. The van der Waals surface area contributed by atoms with E-state index in [1.807, 2.05) is 4.90 Å². The minimum absolute atomic E-state index is 0.0473. The highest BCUT2D eigenvalue weighted by Gasteiger charge is 2.49. The molecule has 6 heteroatoms. The van der Waals surface area contributed by atoms with Crippen LogP contribution in [0.3, 0.4) is 0 Å². The summed E-state index contributed by atoms with van der Waals surface area (Å²) in [4.78, 5) is 31.7. The van der Waals surface area contributed by atoms with Crippen molar-refractivity contribution in [2.24, 2.45) is 22.2 Å². The first-order valence-corrected chi connectivity index (χ1v) is 11.9. The number of carbonyl (C=O) groups is 2. The van der Waals surface area contributed by atoms with Crippen LogP contribution in [0.2, 0.25) is 0 Å². The molecule has 0 N–H and O–H groups in total. The van der Waals surface area contributed by atoms with E-state index in [0.29, 0.717) is 16.9 Å². The highest BCUT2D eigenvalue weighted by atomic mass is 32.2. The van der Waals surface area contributed by atoms with Crippen LogP contribution in [-0.4, -0.2) is 39.6 Å². The van der Waals surface area contributed by atoms with Crippen molar-refractivity contribution >= 4 is 28.6 Å². The molecule has 0 radical (unpaired) electrons. The number of amides is 2. The van der Waals surface area contributed by atoms with E-state index in [-0.39, 0.29) is 11.8 Å². The Labute approximate surface area is 176 Å². The summed E-state index contributed by atoms with van der Waals surface area (Å²) in [6, 6.07) is 1.72. The van der Waals surface area contributed by atoms with Crippen LogP contribution in [0.15, 0.2) is 28.0 Å². The molecular weight excluding hydrogens is 384 g/mol. The molecule has 0 spiro atoms. The van der Waals surface area contributed by atoms with Crippen LogP contribution in [-0.2, 0) is 4.79 Å². The Bertz CT molecular complexity index is 817. The van der Waals surface area contributed by atoms with E-state index >= 15 is 0 Å². The van der Waals surface area contributed by atoms with E-state index in [4.69, 9.17) is 4.42 Å². The number of likely N-dealkylation sites (tertiary alicyclic amines) is 1. The molecule has 2 aliphatic heterocycles. The molecule has 1 aromatic rings. The Morgan fingerprint density at radius 1 is 1.28 bits per heavy atom. The van der Waals surface area contributed by atoms with Gasteiger partial charge in [0.2, 0.25) is 0 Å². The molecule has 1 aromatic heterocycles. The molecule has 2 saturated carbocycles. The van der Waals surface area contributed by atoms with Gasteiger partial charge < -0.3 is 9.32 Å². The monoisotopic (exact) mass is 414 g/mol. The van der Waals surface area contributed by atoms with Crippen molar-refractivity contribution in [1.82, 2.24) is 4.90 Å². The summed E-state index contributed by atoms with van der Waals surface area (Å²) < 4.78 is 4.62. The quantitative estimate of drug-likeness (QED) is 0.686. The predicted octanol–water partition coefficient (Wildman–Crippen LogP) is 4.92. The number of piperidine rings is 1. The Morgan fingerprint density at radius 2 is 2.03 bits per heavy atom. The Hall–Kier alpha value is -1.56. The van der Waals surface area contributed by atoms with Gasteiger partial charge in [-0.15, -0.1) is 0 Å². The number of rotatable bonds is 5. The van der Waals surface area contributed by atoms with Gasteiger partial charge in [0.25, 0.3) is 11.8 Å². The standard InChI is InChI=1S/C23H30N2O3S/c1-22(12-17-4-9-25(10-5-17)20(26)18-6-11-28-15-18)21(27)24-19(29-22)14-23-7-2-16(13-23)3-8-23/h6,11,15-17H,2-5,7-10,12-14H2,1H3. The van der Waals surface area contributed by atoms with Crippen LogP contribution in [0.25, 0.3) is 0 Å². The van der Waals surface area contributed by atoms with Gasteiger partial charge >= 0.3 is 0 Å². The zero-order valence-corrected chi connectivity index (χ0v) is 18.0. The van der Waals surface area contributed by atoms with Crippen LogP contribution >= 0.6 is 11.8 Å². The third-order valence-electron chi connectivity index (χ3n) is 7.78. The molecular formula is C23H30N2O3S. The fourth-order valence-corrected chi connectivity index (χ4v) is 7.58. The first kappa shape index (κ1) is 19.4. The smallest absolute Gasteiger partial charge is 0.262 e. The summed E-state index contributed by atoms with van der Waals surface area (Å²) in [7, 11) is 0. The van der Waals surface area contributed by atoms with Gasteiger partial charge in [-0.1, -0.05) is 11.8 Å². The van der Waals surface area contributed by atoms with Gasteiger partial charge in [-0.25, -0.2) is 4.99 Å². The van der Waals surface area contributed by atoms with Crippen molar-refractivity contribution in [2.75, 3.05) is 13.1 Å². The molecule has 2 bridgehead atoms. The van der Waals surface area contributed by atoms with E-state index in [9.17, 15) is 9.59 Å². The first-order valence-electron chi connectivity index (χ1n) is 11.1. The van der Waals surface area contributed by atoms with Crippen LogP contribution in [0.1, 0.15) is 75.1 Å². The molecule has 1 saturated heterocycles. The first-order chi connectivity index (χ1) is 13.9. The van der Waals surface area contributed by atoms with Gasteiger partial charge in [0.15, 0.2) is 0 Å². The van der Waals surface area contributed by atoms with Crippen molar-refractivity contribution in [3.8, 4) is 0 Å². The Balaban J connectivity index is 1.15. The number of hydrogen-bond acceptors (Lipinski definition) is 4. The average Bonchev–Trinajstić information content (AvgIpc) is 3.48. The van der Waals surface area contributed by atoms with Crippen molar-refractivity contribution in [2.45, 2.75) is 69.5 Å². The normalized spacial score (nSPS) is 34.8. The molecule has 0 aromatic carbocycles. The summed E-state index contributed by atoms with van der Waals surface area (Å²) in [5.41, 5.74) is 1.07. The maximum Gasteiger partial charge on any atom is 0.262 e. The van der Waals surface area contributed by atoms with Crippen LogP contribution in [0, 0.1) is 17.3 Å². The number of thioether (sulfide) groups is 1. The lowest BCUT2D eigenvalue weighted by Crippen LogP contribution is -2.40. The lowest BCUT2D eigenvalue weighted by Gasteiger charge is -2.35. The lowest BCUT2D eigenvalue weighted by molar-refractivity contribution is -0.119. The molecule has 4 aliphatic rings. The number of nitrogens with zero attached hydrogens (tertiary/aromatic N) is 2. The maximum atomic E-state index is 12.8. The molecule has 1 unspecified atom stereocenters. The van der Waals surface area contributed by atoms with Gasteiger partial charge in [-0.05, 0) is 81.6 Å². The Kier molecular flexibility index (Phi) is 4.88. The van der Waals surface area contributed by atoms with E-state index in [1.54, 1.807) is 17.8 Å². The minimum atomic E-state index is -0.413. The van der Waals surface area contributed by atoms with Gasteiger partial charge in [0.1, 0.15) is 11.0 Å². The van der Waals surface area contributed by atoms with Gasteiger partial charge in [-0.2, -0.15) is 0 Å². The summed E-state index contributed by atoms with van der Waals surface area (Å²) in [5.74, 6) is 1.52. The molecule has 3 heterocycles. The van der Waals surface area contributed by atoms with Crippen molar-refractivity contribution in [3.05, 3.63) is 24.2 Å². The van der Waals surface area contributed by atoms with Crippen molar-refractivity contribution in [3.63, 3.8) is 0 Å². The number of furan rings is 1. The predicted molar refractivity (Wildman–Crippen MR) is 114 cm³/mol. The van der Waals surface area contributed by atoms with E-state index in [0.717, 1.165) is 49.7 Å². The minimum Gasteiger partial charge on any atom is -0.472 e. The SMILES string of the molecule is CC1(CC2CCN(C(=O)c3ccoc3)CC2)SC(CC23CCC(CC2)C3)=NC1=O. The molecule has 156 valence electrons. The third kappa shape index (κ3) is 3.69. The van der Waals surface area contributed by atoms with Crippen LogP contribution < -0.4 is 0 Å². The van der Waals surface area contributed by atoms with E-state index in [1.165, 1.54) is 44.6 Å². The van der Waals surface area contributed by atoms with Crippen LogP contribution in [0.5, 0.6) is 0 Å². The number of carbonyl (C=O) groups excluding carboxylic acids is 2. The molecule has 5 rings (SSSR count). The zero-order chi connectivity index (χ0) is 20.1. The number of fused-ring (bicyclic) bond motifs is 2. The summed E-state index contributed by atoms with van der Waals surface area (Å²) in [5, 5.41) is 1.09. The highest BCUT2D eigenvalue weighted by Crippen LogP contribution is 2.57. The lowest BCUT2D eigenvalue weighted by atomic mass is 9.81. The van der Waals surface area contributed by atoms with E-state index < -0.39 is 4.75 Å². The van der Waals surface area contributed by atoms with Crippen LogP contribution in [0.4, 0.5) is 0 Å². The summed E-state index contributed by atoms with van der Waals surface area (Å²) in [6.45, 7) is 3.59. The zero-order valence-electron chi connectivity index (χ0n) is 17.2. The molecule has 1 atom stereocenters. The topological polar surface area (TPSA) is 62.9 Å². The molecule has 2 amide bonds. The van der Waals surface area contributed by atoms with Gasteiger partial charge in [-0.3, -0.25) is 9.59 Å². The van der Waals surface area contributed by atoms with Gasteiger partial charge in [0, 0.05) is 19.5 Å². The number of aliphatic imine (C=N–C) groups is 1. The average molecular weight is 415 g/mol. The molecule has 29 heavy (non-hydrogen) atoms. The van der Waals surface area contributed by atoms with Crippen molar-refractivity contribution in [1.29, 1.82) is 0 Å².